The Labute approximate surface area is 210 Å². The van der Waals surface area contributed by atoms with Crippen molar-refractivity contribution in [3.05, 3.63) is 36.0 Å². The number of para-hydroxylation sites is 1. The van der Waals surface area contributed by atoms with Crippen molar-refractivity contribution in [2.75, 3.05) is 0 Å². The molecular formula is C25H37N5O6. The zero-order valence-electron chi connectivity index (χ0n) is 21.2. The average molecular weight is 504 g/mol. The number of carbonyl (C=O) groups excluding carboxylic acids is 3. The number of carboxylic acid groups (broad SMARTS) is 1. The Morgan fingerprint density at radius 1 is 0.889 bits per heavy atom. The molecule has 8 N–H and O–H groups in total. The number of hydrogen-bond acceptors (Lipinski definition) is 6. The van der Waals surface area contributed by atoms with Gasteiger partial charge in [-0.2, -0.15) is 0 Å². The molecule has 1 aromatic carbocycles. The predicted molar refractivity (Wildman–Crippen MR) is 135 cm³/mol. The van der Waals surface area contributed by atoms with Crippen LogP contribution < -0.4 is 21.7 Å². The van der Waals surface area contributed by atoms with E-state index in [0.29, 0.717) is 0 Å². The van der Waals surface area contributed by atoms with Gasteiger partial charge < -0.3 is 36.9 Å². The molecule has 0 bridgehead atoms. The fraction of sp³-hybridized carbons (Fsp3) is 0.520. The summed E-state index contributed by atoms with van der Waals surface area (Å²) < 4.78 is 0. The number of benzene rings is 1. The summed E-state index contributed by atoms with van der Waals surface area (Å²) in [5, 5.41) is 28.2. The fourth-order valence-electron chi connectivity index (χ4n) is 3.72. The van der Waals surface area contributed by atoms with Crippen molar-refractivity contribution in [3.8, 4) is 0 Å². The van der Waals surface area contributed by atoms with Gasteiger partial charge in [-0.25, -0.2) is 4.79 Å². The first-order valence-electron chi connectivity index (χ1n) is 12.0. The number of rotatable bonds is 12. The van der Waals surface area contributed by atoms with E-state index >= 15 is 0 Å². The second-order valence-corrected chi connectivity index (χ2v) is 9.69. The molecule has 3 amide bonds. The largest absolute Gasteiger partial charge is 0.480 e. The second kappa shape index (κ2) is 12.5. The SMILES string of the molecule is CC(C)C(N)C(=O)NC(C(=O)NC(C(=O)NC(Cc1c[nH]c2ccccc12)C(=O)O)C(C)C)C(C)O. The smallest absolute Gasteiger partial charge is 0.326 e. The highest BCUT2D eigenvalue weighted by molar-refractivity contribution is 5.94. The van der Waals surface area contributed by atoms with E-state index in [2.05, 4.69) is 20.9 Å². The Hall–Kier alpha value is -3.44. The molecule has 5 unspecified atom stereocenters. The van der Waals surface area contributed by atoms with Gasteiger partial charge in [-0.15, -0.1) is 0 Å². The highest BCUT2D eigenvalue weighted by atomic mass is 16.4. The van der Waals surface area contributed by atoms with Crippen LogP contribution in [0.2, 0.25) is 0 Å². The summed E-state index contributed by atoms with van der Waals surface area (Å²) in [6.45, 7) is 8.19. The van der Waals surface area contributed by atoms with Crippen LogP contribution in [-0.4, -0.2) is 69.2 Å². The van der Waals surface area contributed by atoms with Crippen molar-refractivity contribution in [3.63, 3.8) is 0 Å². The molecule has 0 spiro atoms. The van der Waals surface area contributed by atoms with Crippen LogP contribution in [-0.2, 0) is 25.6 Å². The topological polar surface area (TPSA) is 187 Å². The number of amides is 3. The van der Waals surface area contributed by atoms with Gasteiger partial charge in [0.15, 0.2) is 0 Å². The molecule has 198 valence electrons. The van der Waals surface area contributed by atoms with Crippen molar-refractivity contribution in [1.82, 2.24) is 20.9 Å². The Morgan fingerprint density at radius 2 is 1.47 bits per heavy atom. The third kappa shape index (κ3) is 7.28. The van der Waals surface area contributed by atoms with Crippen LogP contribution in [0.4, 0.5) is 0 Å². The van der Waals surface area contributed by atoms with Crippen molar-refractivity contribution >= 4 is 34.6 Å². The maximum Gasteiger partial charge on any atom is 0.326 e. The molecule has 0 saturated carbocycles. The Bertz CT molecular complexity index is 1080. The third-order valence-electron chi connectivity index (χ3n) is 6.04. The molecule has 0 saturated heterocycles. The minimum atomic E-state index is -1.35. The van der Waals surface area contributed by atoms with E-state index in [4.69, 9.17) is 5.73 Å². The molecule has 0 fully saturated rings. The number of H-pyrrole nitrogens is 1. The molecule has 0 radical (unpaired) electrons. The Morgan fingerprint density at radius 3 is 2.03 bits per heavy atom. The summed E-state index contributed by atoms with van der Waals surface area (Å²) in [4.78, 5) is 53.4. The van der Waals surface area contributed by atoms with Gasteiger partial charge in [0.25, 0.3) is 0 Å². The normalized spacial score (nSPS) is 15.7. The lowest BCUT2D eigenvalue weighted by Crippen LogP contribution is -2.61. The molecule has 0 aliphatic heterocycles. The molecule has 0 aliphatic carbocycles. The number of aliphatic hydroxyl groups is 1. The lowest BCUT2D eigenvalue weighted by Gasteiger charge is -2.28. The summed E-state index contributed by atoms with van der Waals surface area (Å²) >= 11 is 0. The number of aromatic amines is 1. The summed E-state index contributed by atoms with van der Waals surface area (Å²) in [6, 6.07) is 2.82. The number of aromatic nitrogens is 1. The van der Waals surface area contributed by atoms with E-state index in [9.17, 15) is 29.4 Å². The molecule has 36 heavy (non-hydrogen) atoms. The Balaban J connectivity index is 2.15. The molecule has 0 aliphatic rings. The van der Waals surface area contributed by atoms with Crippen molar-refractivity contribution in [2.45, 2.75) is 71.3 Å². The van der Waals surface area contributed by atoms with Gasteiger partial charge in [0.05, 0.1) is 12.1 Å². The maximum atomic E-state index is 13.1. The van der Waals surface area contributed by atoms with E-state index in [0.717, 1.165) is 16.5 Å². The molecular weight excluding hydrogens is 466 g/mol. The van der Waals surface area contributed by atoms with Gasteiger partial charge in [-0.3, -0.25) is 14.4 Å². The standard InChI is InChI=1S/C25H37N5O6/c1-12(2)19(26)22(32)30-21(14(5)31)24(34)29-20(13(3)4)23(33)28-18(25(35)36)10-15-11-27-17-9-7-6-8-16(15)17/h6-9,11-14,18-21,27,31H,10,26H2,1-5H3,(H,28,33)(H,29,34)(H,30,32)(H,35,36). The second-order valence-electron chi connectivity index (χ2n) is 9.69. The Kier molecular flexibility index (Phi) is 10.00. The molecule has 11 nitrogen and oxygen atoms in total. The number of fused-ring (bicyclic) bond motifs is 1. The summed E-state index contributed by atoms with van der Waals surface area (Å²) in [5.74, 6) is -3.92. The summed E-state index contributed by atoms with van der Waals surface area (Å²) in [7, 11) is 0. The van der Waals surface area contributed by atoms with E-state index < -0.39 is 59.9 Å². The average Bonchev–Trinajstić information content (AvgIpc) is 3.21. The zero-order chi connectivity index (χ0) is 27.2. The number of aliphatic hydroxyl groups excluding tert-OH is 1. The summed E-state index contributed by atoms with van der Waals surface area (Å²) in [5.41, 5.74) is 7.40. The zero-order valence-corrected chi connectivity index (χ0v) is 21.2. The molecule has 1 heterocycles. The van der Waals surface area contributed by atoms with Crippen LogP contribution in [0.3, 0.4) is 0 Å². The van der Waals surface area contributed by atoms with Crippen LogP contribution in [0.5, 0.6) is 0 Å². The van der Waals surface area contributed by atoms with Gasteiger partial charge in [0.2, 0.25) is 17.7 Å². The minimum Gasteiger partial charge on any atom is -0.480 e. The van der Waals surface area contributed by atoms with E-state index in [1.54, 1.807) is 33.9 Å². The third-order valence-corrected chi connectivity index (χ3v) is 6.04. The number of nitrogens with two attached hydrogens (primary N) is 1. The van der Waals surface area contributed by atoms with Gasteiger partial charge >= 0.3 is 5.97 Å². The van der Waals surface area contributed by atoms with Crippen LogP contribution >= 0.6 is 0 Å². The van der Waals surface area contributed by atoms with Gasteiger partial charge in [-0.1, -0.05) is 45.9 Å². The number of nitrogens with one attached hydrogen (secondary N) is 4. The lowest BCUT2D eigenvalue weighted by molar-refractivity contribution is -0.142. The van der Waals surface area contributed by atoms with Gasteiger partial charge in [-0.05, 0) is 30.4 Å². The van der Waals surface area contributed by atoms with E-state index in [1.165, 1.54) is 6.92 Å². The molecule has 2 rings (SSSR count). The molecule has 2 aromatic rings. The number of hydrogen-bond donors (Lipinski definition) is 7. The molecule has 5 atom stereocenters. The van der Waals surface area contributed by atoms with Crippen LogP contribution in [0, 0.1) is 11.8 Å². The monoisotopic (exact) mass is 503 g/mol. The van der Waals surface area contributed by atoms with Crippen molar-refractivity contribution < 1.29 is 29.4 Å². The van der Waals surface area contributed by atoms with E-state index in [1.807, 2.05) is 24.3 Å². The minimum absolute atomic E-state index is 0.0310. The number of carboxylic acids is 1. The molecule has 1 aromatic heterocycles. The lowest BCUT2D eigenvalue weighted by atomic mass is 10.00. The quantitative estimate of drug-likeness (QED) is 0.216. The van der Waals surface area contributed by atoms with Crippen LogP contribution in [0.1, 0.15) is 40.2 Å². The van der Waals surface area contributed by atoms with Crippen LogP contribution in [0.15, 0.2) is 30.5 Å². The number of aliphatic carboxylic acids is 1. The summed E-state index contributed by atoms with van der Waals surface area (Å²) in [6.07, 6.45) is 0.466. The number of carbonyl (C=O) groups is 4. The predicted octanol–water partition coefficient (Wildman–Crippen LogP) is 0.270. The first kappa shape index (κ1) is 28.8. The maximum absolute atomic E-state index is 13.1. The van der Waals surface area contributed by atoms with Crippen LogP contribution in [0.25, 0.3) is 10.9 Å². The van der Waals surface area contributed by atoms with Crippen molar-refractivity contribution in [2.24, 2.45) is 17.6 Å². The van der Waals surface area contributed by atoms with E-state index in [-0.39, 0.29) is 12.3 Å². The molecule has 11 heteroatoms. The first-order chi connectivity index (χ1) is 16.8. The highest BCUT2D eigenvalue weighted by Gasteiger charge is 2.34. The first-order valence-corrected chi connectivity index (χ1v) is 12.0. The van der Waals surface area contributed by atoms with Gasteiger partial charge in [0, 0.05) is 23.5 Å². The highest BCUT2D eigenvalue weighted by Crippen LogP contribution is 2.19. The van der Waals surface area contributed by atoms with Crippen molar-refractivity contribution in [1.29, 1.82) is 0 Å². The van der Waals surface area contributed by atoms with Gasteiger partial charge in [0.1, 0.15) is 18.1 Å². The fourth-order valence-corrected chi connectivity index (χ4v) is 3.72.